The molecule has 0 unspecified atom stereocenters. The van der Waals surface area contributed by atoms with E-state index in [0.29, 0.717) is 36.5 Å². The van der Waals surface area contributed by atoms with Crippen LogP contribution in [-0.4, -0.2) is 54.7 Å². The molecule has 4 rings (SSSR count). The highest BCUT2D eigenvalue weighted by molar-refractivity contribution is 5.96. The Hall–Kier alpha value is -3.87. The summed E-state index contributed by atoms with van der Waals surface area (Å²) in [6, 6.07) is 14.9. The van der Waals surface area contributed by atoms with E-state index < -0.39 is 0 Å². The zero-order valence-electron chi connectivity index (χ0n) is 19.1. The predicted octanol–water partition coefficient (Wildman–Crippen LogP) is 3.95. The molecule has 33 heavy (non-hydrogen) atoms. The fraction of sp³-hybridized carbons (Fsp3) is 0.269. The number of carbonyl (C=O) groups excluding carboxylic acids is 3. The summed E-state index contributed by atoms with van der Waals surface area (Å²) in [6.45, 7) is 2.68. The first-order chi connectivity index (χ1) is 15.8. The average Bonchev–Trinajstić information content (AvgIpc) is 3.23. The lowest BCUT2D eigenvalue weighted by atomic mass is 9.99. The molecule has 0 atom stereocenters. The first kappa shape index (κ1) is 22.3. The third-order valence-electron chi connectivity index (χ3n) is 5.64. The van der Waals surface area contributed by atoms with E-state index in [-0.39, 0.29) is 17.7 Å². The highest BCUT2D eigenvalue weighted by Crippen LogP contribution is 2.27. The van der Waals surface area contributed by atoms with Crippen LogP contribution in [0.2, 0.25) is 0 Å². The van der Waals surface area contributed by atoms with Gasteiger partial charge in [0, 0.05) is 45.2 Å². The van der Waals surface area contributed by atoms with Crippen LogP contribution in [0.15, 0.2) is 59.0 Å². The van der Waals surface area contributed by atoms with E-state index >= 15 is 0 Å². The molecule has 2 aromatic carbocycles. The second-order valence-electron chi connectivity index (χ2n) is 8.45. The Kier molecular flexibility index (Phi) is 6.31. The van der Waals surface area contributed by atoms with Gasteiger partial charge in [0.1, 0.15) is 5.58 Å². The van der Waals surface area contributed by atoms with Crippen molar-refractivity contribution < 1.29 is 18.8 Å². The van der Waals surface area contributed by atoms with Crippen LogP contribution < -0.4 is 5.32 Å². The fourth-order valence-corrected chi connectivity index (χ4v) is 3.93. The summed E-state index contributed by atoms with van der Waals surface area (Å²) in [7, 11) is 3.38. The number of hydrogen-bond acceptors (Lipinski definition) is 4. The van der Waals surface area contributed by atoms with Crippen molar-refractivity contribution in [2.45, 2.75) is 19.8 Å². The SMILES string of the molecule is CC(=O)Nc1ccc(CC(=O)N2CCC=C(c3ccc4oc(C(=O)N(C)C)cc4c3)C2)cc1. The lowest BCUT2D eigenvalue weighted by Crippen LogP contribution is -2.36. The maximum Gasteiger partial charge on any atom is 0.289 e. The van der Waals surface area contributed by atoms with Crippen molar-refractivity contribution in [3.63, 3.8) is 0 Å². The average molecular weight is 446 g/mol. The number of hydrogen-bond donors (Lipinski definition) is 1. The minimum absolute atomic E-state index is 0.0659. The van der Waals surface area contributed by atoms with E-state index in [1.165, 1.54) is 11.8 Å². The molecule has 1 aliphatic rings. The van der Waals surface area contributed by atoms with E-state index in [1.807, 2.05) is 35.2 Å². The first-order valence-corrected chi connectivity index (χ1v) is 10.9. The molecule has 0 fully saturated rings. The predicted molar refractivity (Wildman–Crippen MR) is 128 cm³/mol. The van der Waals surface area contributed by atoms with E-state index in [9.17, 15) is 14.4 Å². The monoisotopic (exact) mass is 445 g/mol. The maximum absolute atomic E-state index is 12.9. The third-order valence-corrected chi connectivity index (χ3v) is 5.64. The molecule has 1 N–H and O–H groups in total. The van der Waals surface area contributed by atoms with E-state index in [0.717, 1.165) is 28.5 Å². The van der Waals surface area contributed by atoms with Gasteiger partial charge in [-0.2, -0.15) is 0 Å². The number of fused-ring (bicyclic) bond motifs is 1. The minimum Gasteiger partial charge on any atom is -0.451 e. The molecule has 1 aromatic heterocycles. The second kappa shape index (κ2) is 9.32. The summed E-state index contributed by atoms with van der Waals surface area (Å²) >= 11 is 0. The molecule has 0 saturated carbocycles. The van der Waals surface area contributed by atoms with Gasteiger partial charge < -0.3 is 19.5 Å². The van der Waals surface area contributed by atoms with Gasteiger partial charge in [-0.15, -0.1) is 0 Å². The highest BCUT2D eigenvalue weighted by Gasteiger charge is 2.20. The van der Waals surface area contributed by atoms with Crippen LogP contribution in [0.1, 0.15) is 35.0 Å². The normalized spacial score (nSPS) is 13.5. The van der Waals surface area contributed by atoms with Gasteiger partial charge in [0.05, 0.1) is 6.42 Å². The van der Waals surface area contributed by atoms with Crippen molar-refractivity contribution in [3.05, 3.63) is 71.5 Å². The first-order valence-electron chi connectivity index (χ1n) is 10.9. The smallest absolute Gasteiger partial charge is 0.289 e. The Bertz CT molecular complexity index is 1240. The van der Waals surface area contributed by atoms with Crippen molar-refractivity contribution in [1.29, 1.82) is 0 Å². The van der Waals surface area contributed by atoms with Gasteiger partial charge in [0.25, 0.3) is 5.91 Å². The standard InChI is InChI=1S/C26H27N3O4/c1-17(30)27-22-9-6-18(7-10-22)13-25(31)29-12-4-5-20(16-29)19-8-11-23-21(14-19)15-24(33-23)26(32)28(2)3/h5-11,14-15H,4,12-13,16H2,1-3H3,(H,27,30). The van der Waals surface area contributed by atoms with Crippen LogP contribution in [0.25, 0.3) is 16.5 Å². The summed E-state index contributed by atoms with van der Waals surface area (Å²) < 4.78 is 5.69. The molecule has 0 saturated heterocycles. The molecular weight excluding hydrogens is 418 g/mol. The van der Waals surface area contributed by atoms with Crippen LogP contribution in [0, 0.1) is 0 Å². The van der Waals surface area contributed by atoms with Crippen LogP contribution >= 0.6 is 0 Å². The molecule has 3 amide bonds. The molecule has 0 aliphatic carbocycles. The Labute approximate surface area is 192 Å². The number of furan rings is 1. The Morgan fingerprint density at radius 2 is 1.82 bits per heavy atom. The molecule has 7 heteroatoms. The minimum atomic E-state index is -0.175. The topological polar surface area (TPSA) is 82.9 Å². The van der Waals surface area contributed by atoms with Gasteiger partial charge in [-0.1, -0.05) is 24.3 Å². The van der Waals surface area contributed by atoms with E-state index in [4.69, 9.17) is 4.42 Å². The molecular formula is C26H27N3O4. The molecule has 0 bridgehead atoms. The Morgan fingerprint density at radius 3 is 2.52 bits per heavy atom. The van der Waals surface area contributed by atoms with Gasteiger partial charge in [-0.25, -0.2) is 0 Å². The number of carbonyl (C=O) groups is 3. The van der Waals surface area contributed by atoms with Crippen LogP contribution in [0.4, 0.5) is 5.69 Å². The van der Waals surface area contributed by atoms with Crippen molar-refractivity contribution in [1.82, 2.24) is 9.80 Å². The van der Waals surface area contributed by atoms with Crippen LogP contribution in [-0.2, 0) is 16.0 Å². The molecule has 7 nitrogen and oxygen atoms in total. The number of anilines is 1. The lowest BCUT2D eigenvalue weighted by Gasteiger charge is -2.28. The number of rotatable bonds is 5. The zero-order chi connectivity index (χ0) is 23.5. The largest absolute Gasteiger partial charge is 0.451 e. The maximum atomic E-state index is 12.9. The lowest BCUT2D eigenvalue weighted by molar-refractivity contribution is -0.130. The second-order valence-corrected chi connectivity index (χ2v) is 8.45. The number of benzene rings is 2. The number of nitrogens with one attached hydrogen (secondary N) is 1. The summed E-state index contributed by atoms with van der Waals surface area (Å²) in [5, 5.41) is 3.59. The molecule has 0 spiro atoms. The van der Waals surface area contributed by atoms with Crippen LogP contribution in [0.3, 0.4) is 0 Å². The van der Waals surface area contributed by atoms with Crippen molar-refractivity contribution >= 4 is 40.0 Å². The molecule has 1 aliphatic heterocycles. The van der Waals surface area contributed by atoms with E-state index in [2.05, 4.69) is 11.4 Å². The van der Waals surface area contributed by atoms with E-state index in [1.54, 1.807) is 32.3 Å². The van der Waals surface area contributed by atoms with Crippen molar-refractivity contribution in [2.75, 3.05) is 32.5 Å². The van der Waals surface area contributed by atoms with Gasteiger partial charge >= 0.3 is 0 Å². The summed E-state index contributed by atoms with van der Waals surface area (Å²) in [5.41, 5.74) is 4.38. The van der Waals surface area contributed by atoms with Gasteiger partial charge in [-0.05, 0) is 53.5 Å². The van der Waals surface area contributed by atoms with Gasteiger partial charge in [-0.3, -0.25) is 14.4 Å². The Morgan fingerprint density at radius 1 is 1.06 bits per heavy atom. The zero-order valence-corrected chi connectivity index (χ0v) is 19.1. The van der Waals surface area contributed by atoms with Crippen molar-refractivity contribution in [2.24, 2.45) is 0 Å². The quantitative estimate of drug-likeness (QED) is 0.645. The van der Waals surface area contributed by atoms with Crippen LogP contribution in [0.5, 0.6) is 0 Å². The van der Waals surface area contributed by atoms with Gasteiger partial charge in [0.2, 0.25) is 11.8 Å². The highest BCUT2D eigenvalue weighted by atomic mass is 16.3. The summed E-state index contributed by atoms with van der Waals surface area (Å²) in [6.07, 6.45) is 3.26. The Balaban J connectivity index is 1.45. The number of nitrogens with zero attached hydrogens (tertiary/aromatic N) is 2. The third kappa shape index (κ3) is 5.14. The molecule has 0 radical (unpaired) electrons. The summed E-state index contributed by atoms with van der Waals surface area (Å²) in [5.74, 6) is 0.0781. The molecule has 3 aromatic rings. The molecule has 170 valence electrons. The number of amides is 3. The fourth-order valence-electron chi connectivity index (χ4n) is 3.93. The summed E-state index contributed by atoms with van der Waals surface area (Å²) in [4.78, 5) is 39.6. The molecule has 2 heterocycles. The van der Waals surface area contributed by atoms with Gasteiger partial charge in [0.15, 0.2) is 5.76 Å². The van der Waals surface area contributed by atoms with Crippen molar-refractivity contribution in [3.8, 4) is 0 Å².